The maximum absolute atomic E-state index is 12.6. The molecule has 0 saturated carbocycles. The van der Waals surface area contributed by atoms with Gasteiger partial charge in [0.05, 0.1) is 58.1 Å². The number of nitrogens with zero attached hydrogens (tertiary/aromatic N) is 1. The molecule has 0 aliphatic heterocycles. The van der Waals surface area contributed by atoms with E-state index < -0.39 is 11.9 Å². The second-order valence-corrected chi connectivity index (χ2v) is 5.80. The molecule has 0 unspecified atom stereocenters. The highest BCUT2D eigenvalue weighted by atomic mass is 16.5. The molecule has 0 amide bonds. The minimum atomic E-state index is -0.637. The van der Waals surface area contributed by atoms with Gasteiger partial charge in [-0.25, -0.2) is 9.59 Å². The number of carbonyl (C=O) groups is 2. The van der Waals surface area contributed by atoms with Crippen molar-refractivity contribution in [2.45, 2.75) is 13.8 Å². The zero-order valence-corrected chi connectivity index (χ0v) is 17.0. The third kappa shape index (κ3) is 3.58. The second kappa shape index (κ2) is 8.60. The molecule has 28 heavy (non-hydrogen) atoms. The molecule has 0 N–H and O–H groups in total. The van der Waals surface area contributed by atoms with Crippen molar-refractivity contribution in [3.8, 4) is 28.4 Å². The van der Waals surface area contributed by atoms with Crippen LogP contribution in [0.25, 0.3) is 11.1 Å². The molecule has 1 aromatic carbocycles. The Morgan fingerprint density at radius 3 is 1.54 bits per heavy atom. The van der Waals surface area contributed by atoms with E-state index in [1.807, 2.05) is 0 Å². The normalized spacial score (nSPS) is 10.2. The lowest BCUT2D eigenvalue weighted by Crippen LogP contribution is -2.16. The highest BCUT2D eigenvalue weighted by Gasteiger charge is 2.29. The largest absolute Gasteiger partial charge is 0.496 e. The van der Waals surface area contributed by atoms with Crippen LogP contribution in [0.3, 0.4) is 0 Å². The van der Waals surface area contributed by atoms with Crippen LogP contribution in [0.5, 0.6) is 17.2 Å². The van der Waals surface area contributed by atoms with E-state index in [2.05, 4.69) is 4.98 Å². The van der Waals surface area contributed by atoms with Crippen molar-refractivity contribution in [1.82, 2.24) is 4.98 Å². The minimum Gasteiger partial charge on any atom is -0.496 e. The smallest absolute Gasteiger partial charge is 0.340 e. The Kier molecular flexibility index (Phi) is 6.45. The van der Waals surface area contributed by atoms with E-state index in [0.717, 1.165) is 0 Å². The van der Waals surface area contributed by atoms with Crippen LogP contribution in [-0.2, 0) is 9.47 Å². The fourth-order valence-corrected chi connectivity index (χ4v) is 3.05. The molecule has 0 atom stereocenters. The van der Waals surface area contributed by atoms with Gasteiger partial charge in [-0.1, -0.05) is 0 Å². The van der Waals surface area contributed by atoms with Gasteiger partial charge in [0.2, 0.25) is 0 Å². The van der Waals surface area contributed by atoms with Crippen LogP contribution in [0.15, 0.2) is 12.1 Å². The van der Waals surface area contributed by atoms with Crippen molar-refractivity contribution in [3.63, 3.8) is 0 Å². The number of rotatable bonds is 6. The summed E-state index contributed by atoms with van der Waals surface area (Å²) < 4.78 is 26.1. The minimum absolute atomic E-state index is 0.138. The van der Waals surface area contributed by atoms with E-state index in [9.17, 15) is 9.59 Å². The molecule has 0 bridgehead atoms. The average molecular weight is 389 g/mol. The van der Waals surface area contributed by atoms with Crippen LogP contribution in [0.1, 0.15) is 32.1 Å². The van der Waals surface area contributed by atoms with E-state index in [4.69, 9.17) is 23.7 Å². The van der Waals surface area contributed by atoms with E-state index in [1.165, 1.54) is 35.5 Å². The number of aromatic nitrogens is 1. The lowest BCUT2D eigenvalue weighted by molar-refractivity contribution is 0.0599. The zero-order valence-electron chi connectivity index (χ0n) is 17.0. The van der Waals surface area contributed by atoms with Gasteiger partial charge in [-0.15, -0.1) is 0 Å². The van der Waals surface area contributed by atoms with Crippen LogP contribution < -0.4 is 14.2 Å². The van der Waals surface area contributed by atoms with Crippen molar-refractivity contribution < 1.29 is 33.3 Å². The molecule has 2 rings (SSSR count). The van der Waals surface area contributed by atoms with Crippen LogP contribution in [0, 0.1) is 13.8 Å². The topological polar surface area (TPSA) is 93.2 Å². The summed E-state index contributed by atoms with van der Waals surface area (Å²) in [6, 6.07) is 3.24. The highest BCUT2D eigenvalue weighted by molar-refractivity contribution is 6.08. The standard InChI is InChI=1S/C20H23NO7/c1-10-16(19(22)27-6)18(17(11(2)21-10)20(23)28-7)12-8-14(25-4)15(26-5)9-13(12)24-3/h8-9H,1-7H3. The molecule has 150 valence electrons. The fraction of sp³-hybridized carbons (Fsp3) is 0.350. The molecule has 0 radical (unpaired) electrons. The number of benzene rings is 1. The highest BCUT2D eigenvalue weighted by Crippen LogP contribution is 2.43. The molecule has 0 spiro atoms. The maximum Gasteiger partial charge on any atom is 0.340 e. The number of ether oxygens (including phenoxy) is 5. The Morgan fingerprint density at radius 2 is 1.14 bits per heavy atom. The summed E-state index contributed by atoms with van der Waals surface area (Å²) in [7, 11) is 6.97. The molecule has 1 heterocycles. The van der Waals surface area contributed by atoms with Crippen LogP contribution in [0.4, 0.5) is 0 Å². The van der Waals surface area contributed by atoms with E-state index >= 15 is 0 Å². The number of hydrogen-bond acceptors (Lipinski definition) is 8. The van der Waals surface area contributed by atoms with Gasteiger partial charge >= 0.3 is 11.9 Å². The predicted molar refractivity (Wildman–Crippen MR) is 101 cm³/mol. The van der Waals surface area contributed by atoms with Gasteiger partial charge in [0.15, 0.2) is 11.5 Å². The van der Waals surface area contributed by atoms with Gasteiger partial charge in [-0.3, -0.25) is 4.98 Å². The predicted octanol–water partition coefficient (Wildman–Crippen LogP) is 2.96. The molecule has 0 fully saturated rings. The molecule has 0 saturated heterocycles. The third-order valence-corrected chi connectivity index (χ3v) is 4.31. The van der Waals surface area contributed by atoms with Crippen LogP contribution in [-0.4, -0.2) is 52.5 Å². The molecule has 8 nitrogen and oxygen atoms in total. The first-order valence-electron chi connectivity index (χ1n) is 8.32. The van der Waals surface area contributed by atoms with Gasteiger partial charge in [-0.2, -0.15) is 0 Å². The SMILES string of the molecule is COC(=O)c1c(C)nc(C)c(C(=O)OC)c1-c1cc(OC)c(OC)cc1OC. The Hall–Kier alpha value is -3.29. The first kappa shape index (κ1) is 21.0. The molecule has 8 heteroatoms. The Morgan fingerprint density at radius 1 is 0.714 bits per heavy atom. The number of hydrogen-bond donors (Lipinski definition) is 0. The van der Waals surface area contributed by atoms with E-state index in [1.54, 1.807) is 26.0 Å². The van der Waals surface area contributed by atoms with Crippen molar-refractivity contribution in [2.24, 2.45) is 0 Å². The molecule has 1 aromatic heterocycles. The van der Waals surface area contributed by atoms with Crippen molar-refractivity contribution in [2.75, 3.05) is 35.5 Å². The Balaban J connectivity index is 3.05. The first-order chi connectivity index (χ1) is 13.3. The van der Waals surface area contributed by atoms with Crippen molar-refractivity contribution in [3.05, 3.63) is 34.6 Å². The van der Waals surface area contributed by atoms with Crippen LogP contribution >= 0.6 is 0 Å². The third-order valence-electron chi connectivity index (χ3n) is 4.31. The summed E-state index contributed by atoms with van der Waals surface area (Å²) in [4.78, 5) is 29.5. The van der Waals surface area contributed by atoms with E-state index in [-0.39, 0.29) is 11.1 Å². The molecular weight excluding hydrogens is 366 g/mol. The Bertz CT molecular complexity index is 881. The van der Waals surface area contributed by atoms with Gasteiger partial charge in [0.25, 0.3) is 0 Å². The molecular formula is C20H23NO7. The van der Waals surface area contributed by atoms with Gasteiger partial charge in [0.1, 0.15) is 5.75 Å². The maximum atomic E-state index is 12.6. The summed E-state index contributed by atoms with van der Waals surface area (Å²) in [6.07, 6.45) is 0. The van der Waals surface area contributed by atoms with Crippen molar-refractivity contribution in [1.29, 1.82) is 0 Å². The Labute approximate surface area is 163 Å². The summed E-state index contributed by atoms with van der Waals surface area (Å²) in [5.41, 5.74) is 1.82. The number of carbonyl (C=O) groups excluding carboxylic acids is 2. The molecule has 0 aliphatic carbocycles. The number of aryl methyl sites for hydroxylation is 2. The van der Waals surface area contributed by atoms with E-state index in [0.29, 0.717) is 39.8 Å². The summed E-state index contributed by atoms with van der Waals surface area (Å²) in [5, 5.41) is 0. The van der Waals surface area contributed by atoms with Gasteiger partial charge in [0, 0.05) is 17.2 Å². The number of esters is 2. The van der Waals surface area contributed by atoms with Crippen LogP contribution in [0.2, 0.25) is 0 Å². The molecule has 0 aliphatic rings. The molecule has 2 aromatic rings. The average Bonchev–Trinajstić information content (AvgIpc) is 2.70. The summed E-state index contributed by atoms with van der Waals surface area (Å²) >= 11 is 0. The number of pyridine rings is 1. The summed E-state index contributed by atoms with van der Waals surface area (Å²) in [6.45, 7) is 3.33. The zero-order chi connectivity index (χ0) is 21.0. The first-order valence-corrected chi connectivity index (χ1v) is 8.32. The van der Waals surface area contributed by atoms with Gasteiger partial charge in [-0.05, 0) is 19.9 Å². The van der Waals surface area contributed by atoms with Crippen molar-refractivity contribution >= 4 is 11.9 Å². The summed E-state index contributed by atoms with van der Waals surface area (Å²) in [5.74, 6) is -0.0659. The number of methoxy groups -OCH3 is 5. The lowest BCUT2D eigenvalue weighted by atomic mass is 9.91. The van der Waals surface area contributed by atoms with Gasteiger partial charge < -0.3 is 23.7 Å². The fourth-order valence-electron chi connectivity index (χ4n) is 3.05. The monoisotopic (exact) mass is 389 g/mol. The quantitative estimate of drug-likeness (QED) is 0.696. The lowest BCUT2D eigenvalue weighted by Gasteiger charge is -2.20. The second-order valence-electron chi connectivity index (χ2n) is 5.80.